The first kappa shape index (κ1) is 34.1. The third-order valence-electron chi connectivity index (χ3n) is 6.58. The number of nitrogens with one attached hydrogen (secondary N) is 2. The van der Waals surface area contributed by atoms with Crippen molar-refractivity contribution in [2.45, 2.75) is 25.3 Å². The molecule has 1 atom stereocenters. The summed E-state index contributed by atoms with van der Waals surface area (Å²) >= 11 is 0. The summed E-state index contributed by atoms with van der Waals surface area (Å²) in [6.45, 7) is -0.963. The fraction of sp³-hybridized carbons (Fsp3) is 0.200. The van der Waals surface area contributed by atoms with E-state index in [9.17, 15) is 55.1 Å². The fourth-order valence-corrected chi connectivity index (χ4v) is 4.37. The van der Waals surface area contributed by atoms with Crippen LogP contribution in [0, 0.1) is 0 Å². The summed E-state index contributed by atoms with van der Waals surface area (Å²) < 4.78 is 88.5. The van der Waals surface area contributed by atoms with Gasteiger partial charge < -0.3 is 20.1 Å². The van der Waals surface area contributed by atoms with Crippen molar-refractivity contribution in [1.29, 1.82) is 0 Å². The van der Waals surface area contributed by atoms with Crippen molar-refractivity contribution < 1.29 is 64.6 Å². The molecule has 1 aliphatic heterocycles. The van der Waals surface area contributed by atoms with Crippen LogP contribution in [0.4, 0.5) is 37.7 Å². The minimum Gasteiger partial charge on any atom is -0.454 e. The van der Waals surface area contributed by atoms with Gasteiger partial charge in [0, 0.05) is 0 Å². The van der Waals surface area contributed by atoms with E-state index in [-0.39, 0.29) is 16.7 Å². The number of amides is 4. The number of benzene rings is 3. The number of imide groups is 1. The van der Waals surface area contributed by atoms with E-state index in [0.717, 1.165) is 61.5 Å². The highest BCUT2D eigenvalue weighted by Gasteiger charge is 2.42. The maximum atomic E-state index is 13.2. The van der Waals surface area contributed by atoms with Gasteiger partial charge in [-0.25, -0.2) is 9.59 Å². The first-order chi connectivity index (χ1) is 22.0. The highest BCUT2D eigenvalue weighted by Crippen LogP contribution is 2.35. The third kappa shape index (κ3) is 7.74. The molecule has 2 N–H and O–H groups in total. The molecule has 11 nitrogen and oxygen atoms in total. The summed E-state index contributed by atoms with van der Waals surface area (Å²) in [7, 11) is 0. The molecule has 3 aromatic carbocycles. The zero-order valence-electron chi connectivity index (χ0n) is 23.8. The molecule has 0 saturated heterocycles. The van der Waals surface area contributed by atoms with Crippen molar-refractivity contribution >= 4 is 46.9 Å². The maximum Gasteiger partial charge on any atom is 0.418 e. The van der Waals surface area contributed by atoms with Crippen LogP contribution in [0.1, 0.15) is 49.1 Å². The van der Waals surface area contributed by atoms with E-state index in [1.54, 1.807) is 0 Å². The number of fused-ring (bicyclic) bond motifs is 1. The number of hydrogen-bond donors (Lipinski definition) is 2. The van der Waals surface area contributed by atoms with Gasteiger partial charge in [-0.05, 0) is 49.4 Å². The van der Waals surface area contributed by atoms with E-state index in [2.05, 4.69) is 0 Å². The Hall–Kier alpha value is -5.74. The van der Waals surface area contributed by atoms with Crippen LogP contribution in [0.25, 0.3) is 0 Å². The monoisotopic (exact) mass is 665 g/mol. The molecule has 0 spiro atoms. The van der Waals surface area contributed by atoms with Crippen LogP contribution >= 0.6 is 0 Å². The first-order valence-corrected chi connectivity index (χ1v) is 13.3. The topological polar surface area (TPSA) is 148 Å². The lowest BCUT2D eigenvalue weighted by atomic mass is 10.1. The van der Waals surface area contributed by atoms with Gasteiger partial charge in [-0.1, -0.05) is 24.3 Å². The van der Waals surface area contributed by atoms with Crippen LogP contribution in [0.3, 0.4) is 0 Å². The average Bonchev–Trinajstić information content (AvgIpc) is 3.26. The molecule has 0 bridgehead atoms. The van der Waals surface area contributed by atoms with E-state index in [0.29, 0.717) is 4.90 Å². The highest BCUT2D eigenvalue weighted by atomic mass is 19.4. The summed E-state index contributed by atoms with van der Waals surface area (Å²) in [5.41, 5.74) is -4.31. The second-order valence-electron chi connectivity index (χ2n) is 9.78. The Labute approximate surface area is 260 Å². The number of nitrogens with zero attached hydrogens (tertiary/aromatic N) is 1. The minimum absolute atomic E-state index is 0.228. The summed E-state index contributed by atoms with van der Waals surface area (Å²) in [6.07, 6.45) is -9.55. The van der Waals surface area contributed by atoms with E-state index in [1.807, 2.05) is 10.6 Å². The Morgan fingerprint density at radius 1 is 0.702 bits per heavy atom. The number of anilines is 2. The summed E-state index contributed by atoms with van der Waals surface area (Å²) in [5.74, 6) is -6.67. The van der Waals surface area contributed by atoms with Crippen LogP contribution < -0.4 is 10.6 Å². The Morgan fingerprint density at radius 2 is 1.17 bits per heavy atom. The molecule has 0 fully saturated rings. The summed E-state index contributed by atoms with van der Waals surface area (Å²) in [5, 5.41) is 3.96. The van der Waals surface area contributed by atoms with Crippen molar-refractivity contribution in [3.8, 4) is 0 Å². The molecule has 3 aromatic rings. The minimum atomic E-state index is -4.78. The van der Waals surface area contributed by atoms with Crippen LogP contribution in [-0.2, 0) is 36.2 Å². The van der Waals surface area contributed by atoms with Crippen LogP contribution in [0.2, 0.25) is 0 Å². The molecule has 0 radical (unpaired) electrons. The maximum absolute atomic E-state index is 13.2. The molecule has 47 heavy (non-hydrogen) atoms. The lowest BCUT2D eigenvalue weighted by molar-refractivity contribution is -0.150. The summed E-state index contributed by atoms with van der Waals surface area (Å²) in [6, 6.07) is 9.65. The lowest BCUT2D eigenvalue weighted by Crippen LogP contribution is -2.44. The molecule has 0 saturated carbocycles. The molecular formula is C30H21F6N3O8. The number of carbonyl (C=O) groups excluding carboxylic acids is 6. The number of carbonyl (C=O) groups is 6. The Morgan fingerprint density at radius 3 is 1.68 bits per heavy atom. The number of rotatable bonds is 9. The first-order valence-electron chi connectivity index (χ1n) is 13.3. The van der Waals surface area contributed by atoms with E-state index in [4.69, 9.17) is 9.47 Å². The van der Waals surface area contributed by atoms with Crippen LogP contribution in [0.15, 0.2) is 66.7 Å². The van der Waals surface area contributed by atoms with Gasteiger partial charge in [-0.2, -0.15) is 26.3 Å². The molecule has 17 heteroatoms. The molecule has 0 unspecified atom stereocenters. The molecule has 0 aromatic heterocycles. The molecule has 4 amide bonds. The number of para-hydroxylation sites is 2. The number of esters is 2. The van der Waals surface area contributed by atoms with Crippen molar-refractivity contribution in [2.24, 2.45) is 0 Å². The van der Waals surface area contributed by atoms with Crippen LogP contribution in [-0.4, -0.2) is 59.7 Å². The predicted molar refractivity (Wildman–Crippen MR) is 148 cm³/mol. The standard InChI is InChI=1S/C30H21F6N3O8/c1-15(27(44)46-13-23(40)37-21-8-4-2-6-19(21)29(31,32)33)39-25(42)17-11-10-16(12-18(17)26(39)43)28(45)47-14-24(41)38-22-9-5-3-7-20(22)30(34,35)36/h2-12,15H,13-14H2,1H3,(H,37,40)(H,38,41)/t15-/m0/s1. The molecule has 1 aliphatic rings. The van der Waals surface area contributed by atoms with Gasteiger partial charge in [0.05, 0.1) is 39.2 Å². The highest BCUT2D eigenvalue weighted by molar-refractivity contribution is 6.23. The van der Waals surface area contributed by atoms with E-state index < -0.39 is 89.7 Å². The van der Waals surface area contributed by atoms with Gasteiger partial charge in [0.2, 0.25) is 0 Å². The van der Waals surface area contributed by atoms with Gasteiger partial charge in [0.15, 0.2) is 13.2 Å². The van der Waals surface area contributed by atoms with Gasteiger partial charge in [0.25, 0.3) is 23.6 Å². The van der Waals surface area contributed by atoms with E-state index >= 15 is 0 Å². The van der Waals surface area contributed by atoms with Crippen molar-refractivity contribution in [3.05, 3.63) is 94.5 Å². The molecule has 1 heterocycles. The molecule has 0 aliphatic carbocycles. The van der Waals surface area contributed by atoms with Crippen molar-refractivity contribution in [2.75, 3.05) is 23.8 Å². The van der Waals surface area contributed by atoms with E-state index in [1.165, 1.54) is 12.1 Å². The Balaban J connectivity index is 1.35. The summed E-state index contributed by atoms with van der Waals surface area (Å²) in [4.78, 5) is 75.8. The SMILES string of the molecule is C[C@@H](C(=O)OCC(=O)Nc1ccccc1C(F)(F)F)N1C(=O)c2ccc(C(=O)OCC(=O)Nc3ccccc3C(F)(F)F)cc2C1=O. The number of ether oxygens (including phenoxy) is 2. The smallest absolute Gasteiger partial charge is 0.418 e. The van der Waals surface area contributed by atoms with Gasteiger partial charge in [-0.15, -0.1) is 0 Å². The number of alkyl halides is 6. The average molecular weight is 665 g/mol. The van der Waals surface area contributed by atoms with Gasteiger partial charge >= 0.3 is 24.3 Å². The fourth-order valence-electron chi connectivity index (χ4n) is 4.37. The predicted octanol–water partition coefficient (Wildman–Crippen LogP) is 4.69. The van der Waals surface area contributed by atoms with Gasteiger partial charge in [0.1, 0.15) is 6.04 Å². The zero-order valence-corrected chi connectivity index (χ0v) is 23.8. The lowest BCUT2D eigenvalue weighted by Gasteiger charge is -2.21. The number of halogens is 6. The molecule has 4 rings (SSSR count). The molecule has 246 valence electrons. The normalized spacial score (nSPS) is 13.5. The van der Waals surface area contributed by atoms with Crippen LogP contribution in [0.5, 0.6) is 0 Å². The van der Waals surface area contributed by atoms with Gasteiger partial charge in [-0.3, -0.25) is 24.1 Å². The largest absolute Gasteiger partial charge is 0.454 e. The Kier molecular flexibility index (Phi) is 9.67. The second-order valence-corrected chi connectivity index (χ2v) is 9.78. The quantitative estimate of drug-likeness (QED) is 0.190. The number of hydrogen-bond acceptors (Lipinski definition) is 8. The third-order valence-corrected chi connectivity index (χ3v) is 6.58. The van der Waals surface area contributed by atoms with Crippen molar-refractivity contribution in [1.82, 2.24) is 4.90 Å². The Bertz CT molecular complexity index is 1770. The zero-order chi connectivity index (χ0) is 34.7. The molecular weight excluding hydrogens is 644 g/mol. The van der Waals surface area contributed by atoms with Crippen molar-refractivity contribution in [3.63, 3.8) is 0 Å². The second kappa shape index (κ2) is 13.3.